The zero-order valence-electron chi connectivity index (χ0n) is 16.5. The van der Waals surface area contributed by atoms with E-state index in [1.807, 2.05) is 44.2 Å². The highest BCUT2D eigenvalue weighted by Gasteiger charge is 2.18. The van der Waals surface area contributed by atoms with Crippen LogP contribution in [0.15, 0.2) is 48.5 Å². The highest BCUT2D eigenvalue weighted by Crippen LogP contribution is 2.25. The van der Waals surface area contributed by atoms with E-state index in [0.29, 0.717) is 18.0 Å². The lowest BCUT2D eigenvalue weighted by atomic mass is 10.2. The van der Waals surface area contributed by atoms with E-state index in [1.54, 1.807) is 18.2 Å². The SMILES string of the molecule is CCOc1ccc(/C=C/C(=O)O[C@H](C)C(=O)Nc2cc(C)ccc2OC)cc1. The van der Waals surface area contributed by atoms with Crippen LogP contribution in [0, 0.1) is 6.92 Å². The maximum absolute atomic E-state index is 12.3. The Hall–Kier alpha value is -3.28. The lowest BCUT2D eigenvalue weighted by Gasteiger charge is -2.15. The van der Waals surface area contributed by atoms with Gasteiger partial charge in [0, 0.05) is 6.08 Å². The normalized spacial score (nSPS) is 11.7. The van der Waals surface area contributed by atoms with Crippen LogP contribution in [0.5, 0.6) is 11.5 Å². The molecule has 0 unspecified atom stereocenters. The zero-order chi connectivity index (χ0) is 20.5. The second-order valence-corrected chi connectivity index (χ2v) is 6.11. The molecule has 1 N–H and O–H groups in total. The van der Waals surface area contributed by atoms with Gasteiger partial charge >= 0.3 is 5.97 Å². The van der Waals surface area contributed by atoms with Crippen molar-refractivity contribution in [3.8, 4) is 11.5 Å². The maximum Gasteiger partial charge on any atom is 0.331 e. The van der Waals surface area contributed by atoms with Gasteiger partial charge in [-0.2, -0.15) is 0 Å². The molecular formula is C22H25NO5. The van der Waals surface area contributed by atoms with Crippen molar-refractivity contribution in [2.24, 2.45) is 0 Å². The molecule has 0 fully saturated rings. The van der Waals surface area contributed by atoms with Gasteiger partial charge in [-0.3, -0.25) is 4.79 Å². The van der Waals surface area contributed by atoms with E-state index in [9.17, 15) is 9.59 Å². The standard InChI is InChI=1S/C22H25NO5/c1-5-27-18-10-7-17(8-11-18)9-13-21(24)28-16(3)22(25)23-19-14-15(2)6-12-20(19)26-4/h6-14,16H,5H2,1-4H3,(H,23,25)/b13-9+/t16-/m1/s1. The van der Waals surface area contributed by atoms with Gasteiger partial charge in [0.2, 0.25) is 0 Å². The van der Waals surface area contributed by atoms with E-state index < -0.39 is 18.0 Å². The number of carbonyl (C=O) groups excluding carboxylic acids is 2. The van der Waals surface area contributed by atoms with Crippen LogP contribution < -0.4 is 14.8 Å². The second kappa shape index (κ2) is 10.2. The maximum atomic E-state index is 12.3. The fourth-order valence-corrected chi connectivity index (χ4v) is 2.43. The zero-order valence-corrected chi connectivity index (χ0v) is 16.5. The van der Waals surface area contributed by atoms with E-state index in [1.165, 1.54) is 20.1 Å². The minimum Gasteiger partial charge on any atom is -0.495 e. The highest BCUT2D eigenvalue weighted by molar-refractivity contribution is 5.97. The average molecular weight is 383 g/mol. The first-order valence-corrected chi connectivity index (χ1v) is 9.00. The lowest BCUT2D eigenvalue weighted by Crippen LogP contribution is -2.29. The summed E-state index contributed by atoms with van der Waals surface area (Å²) in [5, 5.41) is 2.72. The van der Waals surface area contributed by atoms with Gasteiger partial charge in [0.1, 0.15) is 11.5 Å². The molecule has 0 spiro atoms. The minimum atomic E-state index is -0.956. The van der Waals surface area contributed by atoms with E-state index in [-0.39, 0.29) is 0 Å². The average Bonchev–Trinajstić information content (AvgIpc) is 2.68. The van der Waals surface area contributed by atoms with Gasteiger partial charge in [0.25, 0.3) is 5.91 Å². The lowest BCUT2D eigenvalue weighted by molar-refractivity contribution is -0.148. The fraction of sp³-hybridized carbons (Fsp3) is 0.273. The molecule has 2 aromatic carbocycles. The first kappa shape index (κ1) is 21.0. The van der Waals surface area contributed by atoms with Crippen molar-refractivity contribution in [1.82, 2.24) is 0 Å². The van der Waals surface area contributed by atoms with Gasteiger partial charge in [-0.15, -0.1) is 0 Å². The van der Waals surface area contributed by atoms with Crippen molar-refractivity contribution in [2.75, 3.05) is 19.0 Å². The number of nitrogens with one attached hydrogen (secondary N) is 1. The summed E-state index contributed by atoms with van der Waals surface area (Å²) in [5.41, 5.74) is 2.32. The minimum absolute atomic E-state index is 0.438. The Bertz CT molecular complexity index is 843. The fourth-order valence-electron chi connectivity index (χ4n) is 2.43. The summed E-state index contributed by atoms with van der Waals surface area (Å²) in [7, 11) is 1.52. The molecule has 0 saturated carbocycles. The van der Waals surface area contributed by atoms with E-state index in [4.69, 9.17) is 14.2 Å². The quantitative estimate of drug-likeness (QED) is 0.551. The topological polar surface area (TPSA) is 73.9 Å². The van der Waals surface area contributed by atoms with Crippen molar-refractivity contribution in [2.45, 2.75) is 26.9 Å². The molecule has 0 aromatic heterocycles. The number of rotatable bonds is 8. The van der Waals surface area contributed by atoms with Crippen LogP contribution in [-0.4, -0.2) is 31.7 Å². The Labute approximate surface area is 165 Å². The van der Waals surface area contributed by atoms with Crippen LogP contribution in [0.4, 0.5) is 5.69 Å². The van der Waals surface area contributed by atoms with Crippen LogP contribution >= 0.6 is 0 Å². The molecule has 0 aliphatic carbocycles. The number of hydrogen-bond acceptors (Lipinski definition) is 5. The van der Waals surface area contributed by atoms with Crippen LogP contribution in [0.2, 0.25) is 0 Å². The molecule has 28 heavy (non-hydrogen) atoms. The van der Waals surface area contributed by atoms with Crippen molar-refractivity contribution in [1.29, 1.82) is 0 Å². The molecule has 6 heteroatoms. The number of benzene rings is 2. The third-order valence-electron chi connectivity index (χ3n) is 3.88. The number of ether oxygens (including phenoxy) is 3. The Morgan fingerprint density at radius 2 is 1.86 bits per heavy atom. The smallest absolute Gasteiger partial charge is 0.331 e. The monoisotopic (exact) mass is 383 g/mol. The van der Waals surface area contributed by atoms with Crippen molar-refractivity contribution >= 4 is 23.6 Å². The van der Waals surface area contributed by atoms with Gasteiger partial charge in [0.15, 0.2) is 6.10 Å². The number of methoxy groups -OCH3 is 1. The van der Waals surface area contributed by atoms with Gasteiger partial charge in [-0.25, -0.2) is 4.79 Å². The first-order chi connectivity index (χ1) is 13.4. The third-order valence-corrected chi connectivity index (χ3v) is 3.88. The predicted molar refractivity (Wildman–Crippen MR) is 109 cm³/mol. The molecule has 0 aliphatic rings. The molecule has 148 valence electrons. The molecule has 0 saturated heterocycles. The first-order valence-electron chi connectivity index (χ1n) is 9.00. The molecule has 0 bridgehead atoms. The van der Waals surface area contributed by atoms with Crippen LogP contribution in [0.1, 0.15) is 25.0 Å². The number of hydrogen-bond donors (Lipinski definition) is 1. The van der Waals surface area contributed by atoms with Gasteiger partial charge in [-0.1, -0.05) is 18.2 Å². The summed E-state index contributed by atoms with van der Waals surface area (Å²) >= 11 is 0. The molecule has 0 heterocycles. The van der Waals surface area contributed by atoms with Gasteiger partial charge in [-0.05, 0) is 62.2 Å². The summed E-state index contributed by atoms with van der Waals surface area (Å²) in [6, 6.07) is 12.7. The second-order valence-electron chi connectivity index (χ2n) is 6.11. The molecule has 1 amide bonds. The molecule has 2 aromatic rings. The number of aryl methyl sites for hydroxylation is 1. The van der Waals surface area contributed by atoms with Gasteiger partial charge < -0.3 is 19.5 Å². The van der Waals surface area contributed by atoms with E-state index in [2.05, 4.69) is 5.32 Å². The van der Waals surface area contributed by atoms with Crippen LogP contribution in [0.3, 0.4) is 0 Å². The molecule has 6 nitrogen and oxygen atoms in total. The Kier molecular flexibility index (Phi) is 7.63. The Morgan fingerprint density at radius 1 is 1.14 bits per heavy atom. The summed E-state index contributed by atoms with van der Waals surface area (Å²) in [5.74, 6) is 0.256. The highest BCUT2D eigenvalue weighted by atomic mass is 16.5. The van der Waals surface area contributed by atoms with Crippen LogP contribution in [-0.2, 0) is 14.3 Å². The summed E-state index contributed by atoms with van der Waals surface area (Å²) in [4.78, 5) is 24.3. The van der Waals surface area contributed by atoms with Crippen molar-refractivity contribution in [3.05, 3.63) is 59.7 Å². The van der Waals surface area contributed by atoms with E-state index >= 15 is 0 Å². The summed E-state index contributed by atoms with van der Waals surface area (Å²) in [6.07, 6.45) is 1.95. The summed E-state index contributed by atoms with van der Waals surface area (Å²) in [6.45, 7) is 5.93. The molecule has 0 aliphatic heterocycles. The largest absolute Gasteiger partial charge is 0.495 e. The molecular weight excluding hydrogens is 358 g/mol. The molecule has 0 radical (unpaired) electrons. The number of anilines is 1. The molecule has 1 atom stereocenters. The number of amides is 1. The third kappa shape index (κ3) is 6.16. The summed E-state index contributed by atoms with van der Waals surface area (Å²) < 4.78 is 15.8. The molecule has 2 rings (SSSR count). The predicted octanol–water partition coefficient (Wildman–Crippen LogP) is 3.99. The Balaban J connectivity index is 1.92. The number of carbonyl (C=O) groups is 2. The number of esters is 1. The van der Waals surface area contributed by atoms with Crippen molar-refractivity contribution < 1.29 is 23.8 Å². The van der Waals surface area contributed by atoms with Crippen molar-refractivity contribution in [3.63, 3.8) is 0 Å². The Morgan fingerprint density at radius 3 is 2.50 bits per heavy atom. The van der Waals surface area contributed by atoms with Gasteiger partial charge in [0.05, 0.1) is 19.4 Å². The van der Waals surface area contributed by atoms with E-state index in [0.717, 1.165) is 16.9 Å². The van der Waals surface area contributed by atoms with Crippen LogP contribution in [0.25, 0.3) is 6.08 Å².